The van der Waals surface area contributed by atoms with Gasteiger partial charge in [0.2, 0.25) is 5.88 Å². The van der Waals surface area contributed by atoms with Crippen molar-refractivity contribution in [2.24, 2.45) is 4.99 Å². The Bertz CT molecular complexity index is 1220. The number of nitro benzene ring substituents is 1. The lowest BCUT2D eigenvalue weighted by molar-refractivity contribution is -0.384. The van der Waals surface area contributed by atoms with Crippen LogP contribution in [0, 0.1) is 10.1 Å². The number of likely N-dealkylation sites (N-methyl/N-ethyl adjacent to an activating group) is 1. The first kappa shape index (κ1) is 20.7. The highest BCUT2D eigenvalue weighted by Gasteiger charge is 2.24. The molecule has 1 fully saturated rings. The average Bonchev–Trinajstić information content (AvgIpc) is 3.24. The number of aromatic nitrogens is 1. The molecule has 4 rings (SSSR count). The highest BCUT2D eigenvalue weighted by atomic mass is 16.6. The van der Waals surface area contributed by atoms with Crippen molar-refractivity contribution in [1.82, 2.24) is 9.47 Å². The fraction of sp³-hybridized carbons (Fsp3) is 0.304. The Morgan fingerprint density at radius 1 is 1.19 bits per heavy atom. The Kier molecular flexibility index (Phi) is 5.81. The topological polar surface area (TPSA) is 101 Å². The molecule has 1 aliphatic heterocycles. The molecule has 160 valence electrons. The van der Waals surface area contributed by atoms with E-state index in [9.17, 15) is 20.0 Å². The summed E-state index contributed by atoms with van der Waals surface area (Å²) in [5, 5.41) is 23.5. The molecule has 1 unspecified atom stereocenters. The second kappa shape index (κ2) is 8.69. The van der Waals surface area contributed by atoms with Gasteiger partial charge in [-0.05, 0) is 38.1 Å². The Labute approximate surface area is 179 Å². The Morgan fingerprint density at radius 3 is 2.65 bits per heavy atom. The number of likely N-dealkylation sites (tertiary alicyclic amines) is 1. The van der Waals surface area contributed by atoms with E-state index < -0.39 is 10.5 Å². The molecule has 3 aromatic rings. The number of hydrogen-bond donors (Lipinski definition) is 1. The van der Waals surface area contributed by atoms with Crippen molar-refractivity contribution < 1.29 is 10.0 Å². The van der Waals surface area contributed by atoms with Gasteiger partial charge in [-0.15, -0.1) is 0 Å². The molecular weight excluding hydrogens is 396 g/mol. The van der Waals surface area contributed by atoms with E-state index in [1.54, 1.807) is 36.5 Å². The van der Waals surface area contributed by atoms with E-state index in [-0.39, 0.29) is 17.3 Å². The third kappa shape index (κ3) is 3.82. The zero-order chi connectivity index (χ0) is 22.0. The second-order valence-corrected chi connectivity index (χ2v) is 7.59. The molecule has 0 aliphatic carbocycles. The van der Waals surface area contributed by atoms with Crippen LogP contribution >= 0.6 is 0 Å². The fourth-order valence-electron chi connectivity index (χ4n) is 4.30. The first-order chi connectivity index (χ1) is 15.0. The highest BCUT2D eigenvalue weighted by Crippen LogP contribution is 2.30. The molecule has 2 heterocycles. The lowest BCUT2D eigenvalue weighted by Crippen LogP contribution is -2.31. The number of aromatic hydroxyl groups is 1. The van der Waals surface area contributed by atoms with Crippen LogP contribution in [0.25, 0.3) is 16.5 Å². The van der Waals surface area contributed by atoms with E-state index >= 15 is 0 Å². The van der Waals surface area contributed by atoms with Crippen LogP contribution in [0.5, 0.6) is 5.88 Å². The summed E-state index contributed by atoms with van der Waals surface area (Å²) in [7, 11) is 0. The van der Waals surface area contributed by atoms with Gasteiger partial charge in [-0.25, -0.2) is 4.57 Å². The number of pyridine rings is 1. The predicted octanol–water partition coefficient (Wildman–Crippen LogP) is 3.51. The van der Waals surface area contributed by atoms with Crippen molar-refractivity contribution in [3.63, 3.8) is 0 Å². The largest absolute Gasteiger partial charge is 0.494 e. The normalized spacial score (nSPS) is 17.0. The lowest BCUT2D eigenvalue weighted by Gasteiger charge is -2.20. The molecule has 1 saturated heterocycles. The molecular formula is C23H24N4O4. The number of fused-ring (bicyclic) bond motifs is 1. The minimum Gasteiger partial charge on any atom is -0.494 e. The zero-order valence-corrected chi connectivity index (χ0v) is 17.3. The number of aliphatic imine (C=N–C) groups is 1. The number of benzene rings is 2. The van der Waals surface area contributed by atoms with Crippen molar-refractivity contribution in [3.05, 3.63) is 74.6 Å². The summed E-state index contributed by atoms with van der Waals surface area (Å²) in [4.78, 5) is 31.1. The van der Waals surface area contributed by atoms with E-state index in [0.717, 1.165) is 30.5 Å². The maximum absolute atomic E-state index is 13.2. The van der Waals surface area contributed by atoms with Crippen molar-refractivity contribution >= 4 is 22.7 Å². The molecule has 1 aromatic heterocycles. The van der Waals surface area contributed by atoms with Crippen LogP contribution in [0.15, 0.2) is 58.3 Å². The molecule has 8 heteroatoms. The summed E-state index contributed by atoms with van der Waals surface area (Å²) >= 11 is 0. The maximum atomic E-state index is 13.2. The molecule has 8 nitrogen and oxygen atoms in total. The van der Waals surface area contributed by atoms with E-state index in [2.05, 4.69) is 16.8 Å². The molecule has 31 heavy (non-hydrogen) atoms. The number of para-hydroxylation sites is 2. The van der Waals surface area contributed by atoms with Gasteiger partial charge in [0.05, 0.1) is 17.0 Å². The summed E-state index contributed by atoms with van der Waals surface area (Å²) in [5.74, 6) is -0.361. The Balaban J connectivity index is 1.86. The van der Waals surface area contributed by atoms with Crippen molar-refractivity contribution in [2.75, 3.05) is 19.6 Å². The number of hydrogen-bond acceptors (Lipinski definition) is 6. The van der Waals surface area contributed by atoms with Crippen LogP contribution in [0.3, 0.4) is 0 Å². The Hall–Kier alpha value is -3.52. The monoisotopic (exact) mass is 420 g/mol. The van der Waals surface area contributed by atoms with Gasteiger partial charge in [0.25, 0.3) is 11.2 Å². The zero-order valence-electron chi connectivity index (χ0n) is 17.3. The fourth-order valence-corrected chi connectivity index (χ4v) is 4.30. The quantitative estimate of drug-likeness (QED) is 0.374. The van der Waals surface area contributed by atoms with E-state index in [0.29, 0.717) is 28.9 Å². The van der Waals surface area contributed by atoms with E-state index in [4.69, 9.17) is 0 Å². The van der Waals surface area contributed by atoms with Gasteiger partial charge in [0.1, 0.15) is 5.69 Å². The first-order valence-corrected chi connectivity index (χ1v) is 10.4. The van der Waals surface area contributed by atoms with Gasteiger partial charge in [-0.1, -0.05) is 37.3 Å². The van der Waals surface area contributed by atoms with E-state index in [1.165, 1.54) is 18.2 Å². The minimum absolute atomic E-state index is 0.0170. The summed E-state index contributed by atoms with van der Waals surface area (Å²) in [6.07, 6.45) is 3.80. The van der Waals surface area contributed by atoms with Crippen molar-refractivity contribution in [3.8, 4) is 11.6 Å². The van der Waals surface area contributed by atoms with Crippen molar-refractivity contribution in [2.45, 2.75) is 25.8 Å². The molecule has 0 spiro atoms. The SMILES string of the molecule is CCN1CCCC1CN=Cc1c(O)n(-c2ccccc2[N+](=O)[O-])c(=O)c2ccccc12. The van der Waals surface area contributed by atoms with Crippen LogP contribution in [0.4, 0.5) is 5.69 Å². The third-order valence-electron chi connectivity index (χ3n) is 5.86. The van der Waals surface area contributed by atoms with Gasteiger partial charge >= 0.3 is 0 Å². The number of rotatable bonds is 6. The second-order valence-electron chi connectivity index (χ2n) is 7.59. The van der Waals surface area contributed by atoms with Gasteiger partial charge in [0.15, 0.2) is 0 Å². The molecule has 0 amide bonds. The van der Waals surface area contributed by atoms with Crippen LogP contribution in [-0.4, -0.2) is 51.4 Å². The number of nitro groups is 1. The molecule has 0 saturated carbocycles. The van der Waals surface area contributed by atoms with Gasteiger partial charge in [-0.3, -0.25) is 24.8 Å². The summed E-state index contributed by atoms with van der Waals surface area (Å²) in [5.41, 5.74) is -0.395. The van der Waals surface area contributed by atoms with Crippen LogP contribution in [0.1, 0.15) is 25.3 Å². The number of nitrogens with zero attached hydrogens (tertiary/aromatic N) is 4. The molecule has 0 radical (unpaired) electrons. The predicted molar refractivity (Wildman–Crippen MR) is 121 cm³/mol. The smallest absolute Gasteiger partial charge is 0.293 e. The van der Waals surface area contributed by atoms with Gasteiger partial charge in [0, 0.05) is 29.1 Å². The Morgan fingerprint density at radius 2 is 1.90 bits per heavy atom. The molecule has 1 N–H and O–H groups in total. The summed E-state index contributed by atoms with van der Waals surface area (Å²) in [6, 6.07) is 13.1. The third-order valence-corrected chi connectivity index (χ3v) is 5.86. The molecule has 1 aliphatic rings. The minimum atomic E-state index is -0.566. The standard InChI is InChI=1S/C23H24N4O4/c1-2-25-13-7-8-16(25)14-24-15-19-17-9-3-4-10-18(17)22(28)26(23(19)29)20-11-5-6-12-21(20)27(30)31/h3-6,9-12,15-16,29H,2,7-8,13-14H2,1H3. The first-order valence-electron chi connectivity index (χ1n) is 10.4. The molecule has 0 bridgehead atoms. The lowest BCUT2D eigenvalue weighted by atomic mass is 10.1. The van der Waals surface area contributed by atoms with Crippen LogP contribution in [0.2, 0.25) is 0 Å². The maximum Gasteiger partial charge on any atom is 0.293 e. The average molecular weight is 420 g/mol. The van der Waals surface area contributed by atoms with Gasteiger partial charge in [-0.2, -0.15) is 0 Å². The van der Waals surface area contributed by atoms with E-state index in [1.807, 2.05) is 0 Å². The molecule has 2 aromatic carbocycles. The van der Waals surface area contributed by atoms with Crippen LogP contribution in [-0.2, 0) is 0 Å². The summed E-state index contributed by atoms with van der Waals surface area (Å²) < 4.78 is 0.996. The van der Waals surface area contributed by atoms with Crippen LogP contribution < -0.4 is 5.56 Å². The molecule has 1 atom stereocenters. The highest BCUT2D eigenvalue weighted by molar-refractivity contribution is 6.01. The van der Waals surface area contributed by atoms with Crippen molar-refractivity contribution in [1.29, 1.82) is 0 Å². The summed E-state index contributed by atoms with van der Waals surface area (Å²) in [6.45, 7) is 4.75. The van der Waals surface area contributed by atoms with Gasteiger partial charge < -0.3 is 5.11 Å².